The van der Waals surface area contributed by atoms with Crippen molar-refractivity contribution in [1.82, 2.24) is 9.21 Å². The summed E-state index contributed by atoms with van der Waals surface area (Å²) in [6.07, 6.45) is 0.726. The summed E-state index contributed by atoms with van der Waals surface area (Å²) in [6, 6.07) is 9.26. The zero-order valence-electron chi connectivity index (χ0n) is 14.8. The number of rotatable bonds is 5. The largest absolute Gasteiger partial charge is 0.384 e. The maximum atomic E-state index is 12.8. The van der Waals surface area contributed by atoms with Crippen molar-refractivity contribution in [2.45, 2.75) is 19.1 Å². The first kappa shape index (κ1) is 18.4. The van der Waals surface area contributed by atoms with E-state index in [1.165, 1.54) is 0 Å². The van der Waals surface area contributed by atoms with Gasteiger partial charge in [0.2, 0.25) is 15.9 Å². The third-order valence-electron chi connectivity index (χ3n) is 5.56. The molecular weight excluding hydrogens is 340 g/mol. The first-order chi connectivity index (χ1) is 11.9. The number of amides is 1. The van der Waals surface area contributed by atoms with E-state index >= 15 is 0 Å². The van der Waals surface area contributed by atoms with Gasteiger partial charge >= 0.3 is 0 Å². The Labute approximate surface area is 149 Å². The van der Waals surface area contributed by atoms with E-state index in [-0.39, 0.29) is 23.0 Å². The molecule has 2 saturated heterocycles. The Morgan fingerprint density at radius 2 is 2.00 bits per heavy atom. The van der Waals surface area contributed by atoms with E-state index < -0.39 is 10.0 Å². The molecule has 0 bridgehead atoms. The van der Waals surface area contributed by atoms with Crippen LogP contribution >= 0.6 is 0 Å². The number of carbonyl (C=O) groups is 1. The highest BCUT2D eigenvalue weighted by molar-refractivity contribution is 7.88. The van der Waals surface area contributed by atoms with Crippen LogP contribution in [0.3, 0.4) is 0 Å². The van der Waals surface area contributed by atoms with Crippen LogP contribution in [0.2, 0.25) is 0 Å². The van der Waals surface area contributed by atoms with Crippen LogP contribution in [0.5, 0.6) is 0 Å². The Balaban J connectivity index is 1.76. The van der Waals surface area contributed by atoms with E-state index in [1.807, 2.05) is 35.2 Å². The molecule has 6 nitrogen and oxygen atoms in total. The summed E-state index contributed by atoms with van der Waals surface area (Å²) in [5.74, 6) is 0.188. The van der Waals surface area contributed by atoms with Gasteiger partial charge in [-0.05, 0) is 17.9 Å². The lowest BCUT2D eigenvalue weighted by molar-refractivity contribution is -0.128. The minimum absolute atomic E-state index is 0.0221. The van der Waals surface area contributed by atoms with Gasteiger partial charge in [-0.25, -0.2) is 12.7 Å². The molecule has 1 aromatic carbocycles. The molecule has 1 aromatic rings. The molecule has 0 N–H and O–H groups in total. The van der Waals surface area contributed by atoms with Crippen molar-refractivity contribution in [3.63, 3.8) is 0 Å². The van der Waals surface area contributed by atoms with Crippen LogP contribution in [0.1, 0.15) is 18.9 Å². The van der Waals surface area contributed by atoms with Crippen LogP contribution < -0.4 is 0 Å². The Hall–Kier alpha value is -1.44. The smallest absolute Gasteiger partial charge is 0.219 e. The molecule has 138 valence electrons. The van der Waals surface area contributed by atoms with Crippen LogP contribution in [0, 0.1) is 11.3 Å². The molecule has 0 saturated carbocycles. The van der Waals surface area contributed by atoms with Gasteiger partial charge in [0.25, 0.3) is 0 Å². The lowest BCUT2D eigenvalue weighted by Crippen LogP contribution is -2.51. The van der Waals surface area contributed by atoms with Crippen LogP contribution in [0.4, 0.5) is 0 Å². The Kier molecular flexibility index (Phi) is 5.18. The van der Waals surface area contributed by atoms with E-state index in [2.05, 4.69) is 0 Å². The summed E-state index contributed by atoms with van der Waals surface area (Å²) < 4.78 is 32.7. The number of sulfonamides is 1. The molecule has 7 heteroatoms. The Morgan fingerprint density at radius 1 is 1.28 bits per heavy atom. The third-order valence-corrected chi connectivity index (χ3v) is 7.37. The van der Waals surface area contributed by atoms with E-state index in [1.54, 1.807) is 18.3 Å². The lowest BCUT2D eigenvalue weighted by Gasteiger charge is -2.42. The highest BCUT2D eigenvalue weighted by atomic mass is 32.2. The van der Waals surface area contributed by atoms with E-state index in [4.69, 9.17) is 4.74 Å². The number of nitrogens with zero attached hydrogens (tertiary/aromatic N) is 2. The number of benzene rings is 1. The molecule has 2 heterocycles. The van der Waals surface area contributed by atoms with E-state index in [0.717, 1.165) is 12.0 Å². The van der Waals surface area contributed by atoms with Gasteiger partial charge in [0, 0.05) is 45.6 Å². The molecular formula is C18H26N2O4S. The number of methoxy groups -OCH3 is 1. The zero-order valence-corrected chi connectivity index (χ0v) is 15.7. The second kappa shape index (κ2) is 7.05. The molecule has 0 aromatic heterocycles. The molecule has 2 aliphatic heterocycles. The summed E-state index contributed by atoms with van der Waals surface area (Å²) in [6.45, 7) is 4.35. The van der Waals surface area contributed by atoms with Gasteiger partial charge < -0.3 is 9.64 Å². The standard InChI is InChI=1S/C18H26N2O4S/c1-15(21)19-10-17-11-20(9-8-18(17,13-19)14-24-2)25(22,23)12-16-6-4-3-5-7-16/h3-7,17H,8-14H2,1-2H3/t17-,18-/m0/s1. The fourth-order valence-electron chi connectivity index (χ4n) is 4.14. The molecule has 0 radical (unpaired) electrons. The topological polar surface area (TPSA) is 66.9 Å². The minimum atomic E-state index is -3.37. The molecule has 3 rings (SSSR count). The van der Waals surface area contributed by atoms with Gasteiger partial charge in [-0.15, -0.1) is 0 Å². The van der Waals surface area contributed by atoms with Crippen LogP contribution in [0.15, 0.2) is 30.3 Å². The Bertz CT molecular complexity index is 722. The molecule has 1 amide bonds. The van der Waals surface area contributed by atoms with Crippen molar-refractivity contribution in [2.24, 2.45) is 11.3 Å². The normalized spacial score (nSPS) is 27.3. The number of carbonyl (C=O) groups excluding carboxylic acids is 1. The van der Waals surface area contributed by atoms with E-state index in [0.29, 0.717) is 32.8 Å². The second-order valence-corrected chi connectivity index (χ2v) is 9.21. The van der Waals surface area contributed by atoms with Gasteiger partial charge in [0.05, 0.1) is 12.4 Å². The average molecular weight is 366 g/mol. The molecule has 0 aliphatic carbocycles. The summed E-state index contributed by atoms with van der Waals surface area (Å²) in [5.41, 5.74) is 0.673. The maximum Gasteiger partial charge on any atom is 0.219 e. The van der Waals surface area contributed by atoms with Crippen LogP contribution in [-0.4, -0.2) is 63.4 Å². The number of ether oxygens (including phenoxy) is 1. The first-order valence-electron chi connectivity index (χ1n) is 8.62. The van der Waals surface area contributed by atoms with E-state index in [9.17, 15) is 13.2 Å². The number of hydrogen-bond acceptors (Lipinski definition) is 4. The van der Waals surface area contributed by atoms with Crippen molar-refractivity contribution in [3.8, 4) is 0 Å². The molecule has 25 heavy (non-hydrogen) atoms. The first-order valence-corrected chi connectivity index (χ1v) is 10.2. The average Bonchev–Trinajstić information content (AvgIpc) is 2.94. The highest BCUT2D eigenvalue weighted by Gasteiger charge is 2.51. The van der Waals surface area contributed by atoms with Gasteiger partial charge in [-0.3, -0.25) is 4.79 Å². The molecule has 0 unspecified atom stereocenters. The molecule has 2 aliphatic rings. The summed E-state index contributed by atoms with van der Waals surface area (Å²) in [5, 5.41) is 0. The number of hydrogen-bond donors (Lipinski definition) is 0. The van der Waals surface area contributed by atoms with Crippen LogP contribution in [-0.2, 0) is 25.3 Å². The lowest BCUT2D eigenvalue weighted by atomic mass is 9.74. The second-order valence-electron chi connectivity index (χ2n) is 7.24. The fourth-order valence-corrected chi connectivity index (χ4v) is 5.72. The van der Waals surface area contributed by atoms with Crippen molar-refractivity contribution < 1.29 is 17.9 Å². The van der Waals surface area contributed by atoms with Crippen molar-refractivity contribution >= 4 is 15.9 Å². The van der Waals surface area contributed by atoms with Crippen LogP contribution in [0.25, 0.3) is 0 Å². The monoisotopic (exact) mass is 366 g/mol. The summed E-state index contributed by atoms with van der Waals surface area (Å²) in [7, 11) is -1.70. The SMILES string of the molecule is COC[C@@]12CCN(S(=O)(=O)Cc3ccccc3)C[C@@H]1CN(C(C)=O)C2. The molecule has 2 fully saturated rings. The predicted molar refractivity (Wildman–Crippen MR) is 95.3 cm³/mol. The number of likely N-dealkylation sites (tertiary alicyclic amines) is 1. The number of fused-ring (bicyclic) bond motifs is 1. The molecule has 0 spiro atoms. The zero-order chi connectivity index (χ0) is 18.1. The summed E-state index contributed by atoms with van der Waals surface area (Å²) >= 11 is 0. The van der Waals surface area contributed by atoms with Crippen molar-refractivity contribution in [1.29, 1.82) is 0 Å². The predicted octanol–water partition coefficient (Wildman–Crippen LogP) is 1.33. The third kappa shape index (κ3) is 3.73. The number of piperidine rings is 1. The highest BCUT2D eigenvalue weighted by Crippen LogP contribution is 2.43. The van der Waals surface area contributed by atoms with Gasteiger partial charge in [0.1, 0.15) is 0 Å². The van der Waals surface area contributed by atoms with Crippen molar-refractivity contribution in [3.05, 3.63) is 35.9 Å². The summed E-state index contributed by atoms with van der Waals surface area (Å²) in [4.78, 5) is 13.6. The quantitative estimate of drug-likeness (QED) is 0.789. The van der Waals surface area contributed by atoms with Crippen molar-refractivity contribution in [2.75, 3.05) is 39.9 Å². The van der Waals surface area contributed by atoms with Gasteiger partial charge in [-0.2, -0.15) is 0 Å². The maximum absolute atomic E-state index is 12.8. The molecule has 2 atom stereocenters. The van der Waals surface area contributed by atoms with Gasteiger partial charge in [-0.1, -0.05) is 30.3 Å². The minimum Gasteiger partial charge on any atom is -0.384 e. The fraction of sp³-hybridized carbons (Fsp3) is 0.611. The van der Waals surface area contributed by atoms with Gasteiger partial charge in [0.15, 0.2) is 0 Å². The Morgan fingerprint density at radius 3 is 2.64 bits per heavy atom.